The molecule has 0 bridgehead atoms. The minimum atomic E-state index is -0.903. The van der Waals surface area contributed by atoms with Gasteiger partial charge >= 0.3 is 0 Å². The van der Waals surface area contributed by atoms with E-state index in [4.69, 9.17) is 14.6 Å². The van der Waals surface area contributed by atoms with E-state index in [0.29, 0.717) is 6.42 Å². The van der Waals surface area contributed by atoms with Crippen molar-refractivity contribution in [1.29, 1.82) is 0 Å². The van der Waals surface area contributed by atoms with Gasteiger partial charge in [0.25, 0.3) is 0 Å². The predicted molar refractivity (Wildman–Crippen MR) is 121 cm³/mol. The van der Waals surface area contributed by atoms with Crippen molar-refractivity contribution in [3.05, 3.63) is 0 Å². The van der Waals surface area contributed by atoms with Crippen LogP contribution in [0.3, 0.4) is 0 Å². The summed E-state index contributed by atoms with van der Waals surface area (Å²) in [7, 11) is 0. The molecule has 0 amide bonds. The molecule has 0 aliphatic heterocycles. The molecule has 6 nitrogen and oxygen atoms in total. The minimum Gasteiger partial charge on any atom is -0.394 e. The van der Waals surface area contributed by atoms with Gasteiger partial charge in [0.15, 0.2) is 6.29 Å². The van der Waals surface area contributed by atoms with E-state index < -0.39 is 24.6 Å². The molecule has 0 radical (unpaired) electrons. The van der Waals surface area contributed by atoms with Crippen molar-refractivity contribution in [2.45, 2.75) is 135 Å². The highest BCUT2D eigenvalue weighted by atomic mass is 16.7. The zero-order valence-electron chi connectivity index (χ0n) is 19.6. The summed E-state index contributed by atoms with van der Waals surface area (Å²) < 4.78 is 10.7. The first kappa shape index (κ1) is 29.8. The lowest BCUT2D eigenvalue weighted by atomic mass is 10.0. The molecule has 0 aliphatic carbocycles. The van der Waals surface area contributed by atoms with E-state index >= 15 is 0 Å². The molecule has 182 valence electrons. The maximum absolute atomic E-state index is 10.1. The lowest BCUT2D eigenvalue weighted by Gasteiger charge is -2.24. The lowest BCUT2D eigenvalue weighted by molar-refractivity contribution is -0.213. The van der Waals surface area contributed by atoms with Crippen LogP contribution in [0.5, 0.6) is 0 Å². The maximum Gasteiger partial charge on any atom is 0.181 e. The van der Waals surface area contributed by atoms with E-state index in [1.807, 2.05) is 0 Å². The summed E-state index contributed by atoms with van der Waals surface area (Å²) in [5, 5.41) is 37.9. The Bertz CT molecular complexity index is 340. The van der Waals surface area contributed by atoms with Gasteiger partial charge in [-0.15, -0.1) is 0 Å². The van der Waals surface area contributed by atoms with Crippen LogP contribution in [-0.4, -0.2) is 64.8 Å². The normalized spacial score (nSPS) is 15.8. The fourth-order valence-corrected chi connectivity index (χ4v) is 3.52. The Morgan fingerprint density at radius 2 is 1.17 bits per heavy atom. The van der Waals surface area contributed by atoms with Crippen LogP contribution < -0.4 is 0 Å². The number of ether oxygens (including phenoxy) is 2. The molecule has 0 fully saturated rings. The average Bonchev–Trinajstić information content (AvgIpc) is 2.73. The first-order valence-electron chi connectivity index (χ1n) is 12.4. The number of aliphatic hydroxyl groups excluding tert-OH is 4. The second-order valence-corrected chi connectivity index (χ2v) is 8.55. The standard InChI is InChI=1S/C24H50O6/c1-3-4-5-6-7-8-9-10-11-12-13-14-15-16-22(28)17-18-29-24(20-26)30-23(19-25)21(2)27/h21-28H,3-20H2,1-2H3. The molecule has 4 unspecified atom stereocenters. The number of hydrogen-bond donors (Lipinski definition) is 4. The van der Waals surface area contributed by atoms with Crippen LogP contribution in [0.2, 0.25) is 0 Å². The molecular formula is C24H50O6. The molecule has 30 heavy (non-hydrogen) atoms. The quantitative estimate of drug-likeness (QED) is 0.141. The third-order valence-electron chi connectivity index (χ3n) is 5.59. The highest BCUT2D eigenvalue weighted by Gasteiger charge is 2.20. The van der Waals surface area contributed by atoms with Crippen LogP contribution in [0.25, 0.3) is 0 Å². The molecule has 4 N–H and O–H groups in total. The Hall–Kier alpha value is -0.240. The first-order valence-corrected chi connectivity index (χ1v) is 12.4. The summed E-state index contributed by atoms with van der Waals surface area (Å²) in [4.78, 5) is 0. The zero-order valence-corrected chi connectivity index (χ0v) is 19.6. The van der Waals surface area contributed by atoms with Crippen molar-refractivity contribution in [1.82, 2.24) is 0 Å². The van der Waals surface area contributed by atoms with Gasteiger partial charge in [0.05, 0.1) is 32.0 Å². The number of rotatable bonds is 23. The van der Waals surface area contributed by atoms with Gasteiger partial charge < -0.3 is 29.9 Å². The fraction of sp³-hybridized carbons (Fsp3) is 1.00. The molecule has 6 heteroatoms. The van der Waals surface area contributed by atoms with E-state index in [1.165, 1.54) is 77.6 Å². The van der Waals surface area contributed by atoms with Crippen LogP contribution in [-0.2, 0) is 9.47 Å². The molecule has 0 saturated carbocycles. The van der Waals surface area contributed by atoms with E-state index in [-0.39, 0.29) is 19.8 Å². The van der Waals surface area contributed by atoms with Gasteiger partial charge in [0.1, 0.15) is 6.10 Å². The summed E-state index contributed by atoms with van der Waals surface area (Å²) in [5.41, 5.74) is 0. The van der Waals surface area contributed by atoms with Gasteiger partial charge in [0.2, 0.25) is 0 Å². The highest BCUT2D eigenvalue weighted by Crippen LogP contribution is 2.14. The molecule has 0 spiro atoms. The van der Waals surface area contributed by atoms with Crippen LogP contribution in [0.1, 0.15) is 110 Å². The topological polar surface area (TPSA) is 99.4 Å². The molecule has 0 aromatic heterocycles. The molecule has 0 rings (SSSR count). The van der Waals surface area contributed by atoms with Crippen LogP contribution in [0, 0.1) is 0 Å². The van der Waals surface area contributed by atoms with E-state index in [2.05, 4.69) is 6.92 Å². The lowest BCUT2D eigenvalue weighted by Crippen LogP contribution is -2.37. The number of aliphatic hydroxyl groups is 4. The second kappa shape index (κ2) is 22.0. The van der Waals surface area contributed by atoms with Crippen molar-refractivity contribution >= 4 is 0 Å². The smallest absolute Gasteiger partial charge is 0.181 e. The Morgan fingerprint density at radius 1 is 0.667 bits per heavy atom. The van der Waals surface area contributed by atoms with Crippen molar-refractivity contribution in [3.8, 4) is 0 Å². The van der Waals surface area contributed by atoms with Gasteiger partial charge in [-0.1, -0.05) is 90.4 Å². The molecule has 4 atom stereocenters. The summed E-state index contributed by atoms with van der Waals surface area (Å²) in [6.07, 6.45) is 15.3. The van der Waals surface area contributed by atoms with Gasteiger partial charge in [-0.3, -0.25) is 0 Å². The van der Waals surface area contributed by atoms with Gasteiger partial charge in [0, 0.05) is 0 Å². The average molecular weight is 435 g/mol. The SMILES string of the molecule is CCCCCCCCCCCCCCCC(O)CCOC(CO)OC(CO)C(C)O. The largest absolute Gasteiger partial charge is 0.394 e. The molecular weight excluding hydrogens is 384 g/mol. The molecule has 0 heterocycles. The molecule has 0 aromatic carbocycles. The first-order chi connectivity index (χ1) is 14.5. The van der Waals surface area contributed by atoms with E-state index in [1.54, 1.807) is 0 Å². The Morgan fingerprint density at radius 3 is 1.60 bits per heavy atom. The van der Waals surface area contributed by atoms with Crippen LogP contribution in [0.15, 0.2) is 0 Å². The third kappa shape index (κ3) is 18.5. The van der Waals surface area contributed by atoms with Crippen molar-refractivity contribution in [3.63, 3.8) is 0 Å². The van der Waals surface area contributed by atoms with Crippen molar-refractivity contribution in [2.75, 3.05) is 19.8 Å². The van der Waals surface area contributed by atoms with Crippen molar-refractivity contribution < 1.29 is 29.9 Å². The minimum absolute atomic E-state index is 0.267. The Balaban J connectivity index is 3.49. The summed E-state index contributed by atoms with van der Waals surface area (Å²) in [6, 6.07) is 0. The van der Waals surface area contributed by atoms with Gasteiger partial charge in [-0.25, -0.2) is 0 Å². The summed E-state index contributed by atoms with van der Waals surface area (Å²) in [5.74, 6) is 0. The number of hydrogen-bond acceptors (Lipinski definition) is 6. The molecule has 0 aliphatic rings. The van der Waals surface area contributed by atoms with E-state index in [9.17, 15) is 15.3 Å². The van der Waals surface area contributed by atoms with Gasteiger partial charge in [-0.05, 0) is 19.8 Å². The highest BCUT2D eigenvalue weighted by molar-refractivity contribution is 4.64. The van der Waals surface area contributed by atoms with Crippen molar-refractivity contribution in [2.24, 2.45) is 0 Å². The zero-order chi connectivity index (χ0) is 22.5. The second-order valence-electron chi connectivity index (χ2n) is 8.55. The molecule has 0 aromatic rings. The molecule has 0 saturated heterocycles. The maximum atomic E-state index is 10.1. The summed E-state index contributed by atoms with van der Waals surface area (Å²) in [6.45, 7) is 3.32. The summed E-state index contributed by atoms with van der Waals surface area (Å²) >= 11 is 0. The fourth-order valence-electron chi connectivity index (χ4n) is 3.52. The number of unbranched alkanes of at least 4 members (excludes halogenated alkanes) is 12. The van der Waals surface area contributed by atoms with Gasteiger partial charge in [-0.2, -0.15) is 0 Å². The Kier molecular flexibility index (Phi) is 21.8. The third-order valence-corrected chi connectivity index (χ3v) is 5.59. The van der Waals surface area contributed by atoms with Crippen LogP contribution >= 0.6 is 0 Å². The predicted octanol–water partition coefficient (Wildman–Crippen LogP) is 4.31. The van der Waals surface area contributed by atoms with Crippen LogP contribution in [0.4, 0.5) is 0 Å². The Labute approximate surface area is 185 Å². The monoisotopic (exact) mass is 434 g/mol. The van der Waals surface area contributed by atoms with E-state index in [0.717, 1.165) is 19.3 Å².